The van der Waals surface area contributed by atoms with Crippen molar-refractivity contribution < 1.29 is 4.74 Å². The normalized spacial score (nSPS) is 18.8. The quantitative estimate of drug-likeness (QED) is 0.838. The van der Waals surface area contributed by atoms with Gasteiger partial charge in [-0.2, -0.15) is 5.26 Å². The van der Waals surface area contributed by atoms with Crippen LogP contribution < -0.4 is 10.5 Å². The molecule has 0 saturated heterocycles. The summed E-state index contributed by atoms with van der Waals surface area (Å²) in [6.07, 6.45) is 4.54. The van der Waals surface area contributed by atoms with Gasteiger partial charge in [0, 0.05) is 17.2 Å². The van der Waals surface area contributed by atoms with E-state index in [1.165, 1.54) is 19.3 Å². The Hall–Kier alpha value is -1.96. The Morgan fingerprint density at radius 2 is 2.09 bits per heavy atom. The molecule has 0 saturated carbocycles. The molecule has 1 aromatic rings. The molecule has 2 unspecified atom stereocenters. The number of aromatic nitrogens is 2. The maximum atomic E-state index is 9.45. The molecule has 0 spiro atoms. The van der Waals surface area contributed by atoms with Crippen molar-refractivity contribution in [2.75, 3.05) is 0 Å². The van der Waals surface area contributed by atoms with Crippen LogP contribution in [0.5, 0.6) is 5.88 Å². The van der Waals surface area contributed by atoms with Gasteiger partial charge in [-0.25, -0.2) is 0 Å². The molecule has 1 aliphatic rings. The molecule has 2 atom stereocenters. The van der Waals surface area contributed by atoms with Crippen LogP contribution in [0.25, 0.3) is 0 Å². The van der Waals surface area contributed by atoms with E-state index in [0.717, 1.165) is 23.6 Å². The van der Waals surface area contributed by atoms with Gasteiger partial charge < -0.3 is 10.5 Å². The minimum absolute atomic E-state index is 0.0125. The third-order valence-electron chi connectivity index (χ3n) is 4.37. The Morgan fingerprint density at radius 1 is 1.36 bits per heavy atom. The van der Waals surface area contributed by atoms with Gasteiger partial charge in [-0.1, -0.05) is 40.0 Å². The molecular weight excluding hydrogens is 276 g/mol. The summed E-state index contributed by atoms with van der Waals surface area (Å²) >= 11 is 0. The number of nitrogens with two attached hydrogens (primary N) is 1. The van der Waals surface area contributed by atoms with Gasteiger partial charge in [-0.05, 0) is 25.2 Å². The van der Waals surface area contributed by atoms with E-state index >= 15 is 0 Å². The number of nitriles is 1. The molecule has 0 radical (unpaired) electrons. The van der Waals surface area contributed by atoms with E-state index in [0.29, 0.717) is 17.4 Å². The van der Waals surface area contributed by atoms with E-state index in [1.54, 1.807) is 0 Å². The van der Waals surface area contributed by atoms with E-state index in [-0.39, 0.29) is 11.8 Å². The van der Waals surface area contributed by atoms with Crippen LogP contribution in [0.3, 0.4) is 0 Å². The lowest BCUT2D eigenvalue weighted by Gasteiger charge is -2.25. The van der Waals surface area contributed by atoms with Crippen LogP contribution in [0.2, 0.25) is 0 Å². The molecule has 0 amide bonds. The van der Waals surface area contributed by atoms with Gasteiger partial charge in [0.05, 0.1) is 5.57 Å². The molecule has 5 nitrogen and oxygen atoms in total. The van der Waals surface area contributed by atoms with Gasteiger partial charge in [-0.15, -0.1) is 5.10 Å². The van der Waals surface area contributed by atoms with Gasteiger partial charge in [0.25, 0.3) is 0 Å². The van der Waals surface area contributed by atoms with Crippen molar-refractivity contribution in [1.29, 1.82) is 5.26 Å². The summed E-state index contributed by atoms with van der Waals surface area (Å²) in [5, 5.41) is 16.5. The van der Waals surface area contributed by atoms with Crippen molar-refractivity contribution in [3.63, 3.8) is 0 Å². The first kappa shape index (κ1) is 16.4. The maximum Gasteiger partial charge on any atom is 0.243 e. The van der Waals surface area contributed by atoms with Crippen molar-refractivity contribution >= 4 is 0 Å². The van der Waals surface area contributed by atoms with Crippen molar-refractivity contribution in [3.05, 3.63) is 22.7 Å². The zero-order valence-corrected chi connectivity index (χ0v) is 13.9. The molecule has 1 aromatic heterocycles. The van der Waals surface area contributed by atoms with Crippen molar-refractivity contribution in [1.82, 2.24) is 10.2 Å². The van der Waals surface area contributed by atoms with Gasteiger partial charge in [0.1, 0.15) is 6.07 Å². The minimum Gasteiger partial charge on any atom is -0.420 e. The van der Waals surface area contributed by atoms with E-state index in [4.69, 9.17) is 10.5 Å². The minimum atomic E-state index is -0.0125. The Labute approximate surface area is 132 Å². The molecule has 1 aliphatic heterocycles. The first-order chi connectivity index (χ1) is 10.4. The molecule has 0 bridgehead atoms. The molecule has 0 aromatic carbocycles. The van der Waals surface area contributed by atoms with Crippen LogP contribution in [0.4, 0.5) is 0 Å². The van der Waals surface area contributed by atoms with Crippen LogP contribution in [0.1, 0.15) is 63.6 Å². The number of aryl methyl sites for hydroxylation is 1. The van der Waals surface area contributed by atoms with Crippen LogP contribution in [-0.4, -0.2) is 10.2 Å². The molecule has 0 aliphatic carbocycles. The summed E-state index contributed by atoms with van der Waals surface area (Å²) in [5.74, 6) is 1.97. The van der Waals surface area contributed by atoms with Gasteiger partial charge >= 0.3 is 0 Å². The molecule has 22 heavy (non-hydrogen) atoms. The first-order valence-electron chi connectivity index (χ1n) is 8.06. The lowest BCUT2D eigenvalue weighted by Crippen LogP contribution is -2.21. The predicted octanol–water partition coefficient (Wildman–Crippen LogP) is 3.74. The highest BCUT2D eigenvalue weighted by molar-refractivity contribution is 5.48. The van der Waals surface area contributed by atoms with Crippen LogP contribution in [-0.2, 0) is 0 Å². The van der Waals surface area contributed by atoms with Crippen molar-refractivity contribution in [2.24, 2.45) is 17.6 Å². The predicted molar refractivity (Wildman–Crippen MR) is 86.0 cm³/mol. The Balaban J connectivity index is 2.13. The molecular formula is C17H26N4O. The number of fused-ring (bicyclic) bond motifs is 1. The number of nitrogens with zero attached hydrogens (tertiary/aromatic N) is 2. The number of aromatic amines is 1. The molecule has 2 heterocycles. The van der Waals surface area contributed by atoms with Crippen molar-refractivity contribution in [2.45, 2.75) is 59.3 Å². The second kappa shape index (κ2) is 6.87. The molecule has 5 heteroatoms. The second-order valence-electron chi connectivity index (χ2n) is 6.78. The lowest BCUT2D eigenvalue weighted by molar-refractivity contribution is 0.355. The summed E-state index contributed by atoms with van der Waals surface area (Å²) in [6, 6.07) is 2.23. The number of H-pyrrole nitrogens is 1. The fourth-order valence-electron chi connectivity index (χ4n) is 3.14. The first-order valence-corrected chi connectivity index (χ1v) is 8.06. The zero-order chi connectivity index (χ0) is 16.3. The average molecular weight is 302 g/mol. The number of rotatable bonds is 6. The van der Waals surface area contributed by atoms with E-state index in [2.05, 4.69) is 37.0 Å². The lowest BCUT2D eigenvalue weighted by atomic mass is 9.81. The maximum absolute atomic E-state index is 9.45. The third-order valence-corrected chi connectivity index (χ3v) is 4.37. The monoisotopic (exact) mass is 302 g/mol. The van der Waals surface area contributed by atoms with Gasteiger partial charge in [0.2, 0.25) is 11.8 Å². The summed E-state index contributed by atoms with van der Waals surface area (Å²) in [7, 11) is 0. The van der Waals surface area contributed by atoms with E-state index in [1.807, 2.05) is 6.92 Å². The molecule has 0 fully saturated rings. The Kier molecular flexibility index (Phi) is 5.12. The fourth-order valence-corrected chi connectivity index (χ4v) is 3.14. The summed E-state index contributed by atoms with van der Waals surface area (Å²) in [4.78, 5) is 0. The zero-order valence-electron chi connectivity index (χ0n) is 13.9. The molecule has 3 N–H and O–H groups in total. The third kappa shape index (κ3) is 3.44. The molecule has 2 rings (SSSR count). The fraction of sp³-hybridized carbons (Fsp3) is 0.647. The summed E-state index contributed by atoms with van der Waals surface area (Å²) in [5.41, 5.74) is 8.38. The number of ether oxygens (including phenoxy) is 1. The van der Waals surface area contributed by atoms with Crippen LogP contribution in [0.15, 0.2) is 11.5 Å². The van der Waals surface area contributed by atoms with Crippen LogP contribution >= 0.6 is 0 Å². The smallest absolute Gasteiger partial charge is 0.243 e. The number of allylic oxidation sites excluding steroid dienone is 1. The summed E-state index contributed by atoms with van der Waals surface area (Å²) < 4.78 is 5.47. The largest absolute Gasteiger partial charge is 0.420 e. The number of hydrogen-bond donors (Lipinski definition) is 2. The Bertz CT molecular complexity index is 594. The summed E-state index contributed by atoms with van der Waals surface area (Å²) in [6.45, 7) is 8.71. The van der Waals surface area contributed by atoms with Crippen LogP contribution in [0, 0.1) is 30.1 Å². The standard InChI is InChI=1S/C17H26N4O/c1-10(2)6-5-7-11(3)8-13-14(9-18)16(19)22-17-15(13)12(4)20-21-17/h10-11,13H,5-8,19H2,1-4H3,(H,20,21). The van der Waals surface area contributed by atoms with E-state index < -0.39 is 0 Å². The van der Waals surface area contributed by atoms with Gasteiger partial charge in [0.15, 0.2) is 0 Å². The average Bonchev–Trinajstić information content (AvgIpc) is 2.79. The highest BCUT2D eigenvalue weighted by Crippen LogP contribution is 2.42. The highest BCUT2D eigenvalue weighted by Gasteiger charge is 2.33. The SMILES string of the molecule is Cc1[nH]nc2c1C(CC(C)CCCC(C)C)C(C#N)=C(N)O2. The number of hydrogen-bond acceptors (Lipinski definition) is 4. The second-order valence-corrected chi connectivity index (χ2v) is 6.78. The molecule has 120 valence electrons. The topological polar surface area (TPSA) is 87.7 Å². The van der Waals surface area contributed by atoms with Gasteiger partial charge in [-0.3, -0.25) is 5.10 Å². The Morgan fingerprint density at radius 3 is 2.73 bits per heavy atom. The van der Waals surface area contributed by atoms with Crippen molar-refractivity contribution in [3.8, 4) is 11.9 Å². The number of nitrogens with one attached hydrogen (secondary N) is 1. The highest BCUT2D eigenvalue weighted by atomic mass is 16.5. The van der Waals surface area contributed by atoms with E-state index in [9.17, 15) is 5.26 Å².